The fourth-order valence-electron chi connectivity index (χ4n) is 3.96. The molecule has 4 rings (SSSR count). The third kappa shape index (κ3) is 6.61. The van der Waals surface area contributed by atoms with Gasteiger partial charge in [0.2, 0.25) is 5.91 Å². The standard InChI is InChI=1S/C29H27ClN2O6S/c1-3-5-14-38-24-13-10-18-8-6-7-9-20(18)21(24)16-25-27(34)32(29(36)39-25)17-26(33)31-19-11-12-23(30)22(15-19)28(35)37-4-2/h6-13,15-16H,3-5,14,17H2,1-2H3,(H,31,33)/b25-16-. The molecule has 0 aromatic heterocycles. The third-order valence-electron chi connectivity index (χ3n) is 5.88. The molecule has 0 bridgehead atoms. The largest absolute Gasteiger partial charge is 0.493 e. The van der Waals surface area contributed by atoms with E-state index >= 15 is 0 Å². The minimum atomic E-state index is -0.624. The fraction of sp³-hybridized carbons (Fsp3) is 0.241. The molecule has 8 nitrogen and oxygen atoms in total. The molecule has 3 aromatic rings. The first-order chi connectivity index (χ1) is 18.8. The number of ether oxygens (including phenoxy) is 2. The van der Waals surface area contributed by atoms with E-state index in [4.69, 9.17) is 21.1 Å². The minimum Gasteiger partial charge on any atom is -0.493 e. The van der Waals surface area contributed by atoms with Crippen molar-refractivity contribution in [2.24, 2.45) is 0 Å². The first-order valence-electron chi connectivity index (χ1n) is 12.5. The summed E-state index contributed by atoms with van der Waals surface area (Å²) in [6.45, 7) is 3.95. The summed E-state index contributed by atoms with van der Waals surface area (Å²) >= 11 is 6.84. The van der Waals surface area contributed by atoms with Gasteiger partial charge in [-0.1, -0.05) is 55.3 Å². The number of hydrogen-bond donors (Lipinski definition) is 1. The number of amides is 3. The molecule has 39 heavy (non-hydrogen) atoms. The number of anilines is 1. The molecule has 1 fully saturated rings. The van der Waals surface area contributed by atoms with Gasteiger partial charge in [0.1, 0.15) is 12.3 Å². The Labute approximate surface area is 235 Å². The molecule has 1 saturated heterocycles. The SMILES string of the molecule is CCCCOc1ccc2ccccc2c1/C=C1\SC(=O)N(CC(=O)Nc2ccc(Cl)c(C(=O)OCC)c2)C1=O. The summed E-state index contributed by atoms with van der Waals surface area (Å²) in [5.41, 5.74) is 1.07. The Bertz CT molecular complexity index is 1470. The average Bonchev–Trinajstić information content (AvgIpc) is 3.18. The lowest BCUT2D eigenvalue weighted by molar-refractivity contribution is -0.127. The molecular weight excluding hydrogens is 540 g/mol. The second kappa shape index (κ2) is 12.8. The maximum Gasteiger partial charge on any atom is 0.339 e. The van der Waals surface area contributed by atoms with E-state index in [2.05, 4.69) is 12.2 Å². The van der Waals surface area contributed by atoms with Crippen LogP contribution < -0.4 is 10.1 Å². The smallest absolute Gasteiger partial charge is 0.339 e. The Hall–Kier alpha value is -3.82. The van der Waals surface area contributed by atoms with Gasteiger partial charge >= 0.3 is 5.97 Å². The maximum absolute atomic E-state index is 13.2. The van der Waals surface area contributed by atoms with Gasteiger partial charge in [0.15, 0.2) is 0 Å². The molecule has 0 spiro atoms. The van der Waals surface area contributed by atoms with Gasteiger partial charge in [-0.15, -0.1) is 0 Å². The van der Waals surface area contributed by atoms with E-state index < -0.39 is 29.6 Å². The van der Waals surface area contributed by atoms with Crippen LogP contribution in [0, 0.1) is 0 Å². The predicted octanol–water partition coefficient (Wildman–Crippen LogP) is 6.52. The van der Waals surface area contributed by atoms with Crippen molar-refractivity contribution in [3.05, 3.63) is 75.7 Å². The first-order valence-corrected chi connectivity index (χ1v) is 13.7. The molecule has 1 aliphatic rings. The van der Waals surface area contributed by atoms with Crippen LogP contribution in [-0.2, 0) is 14.3 Å². The molecule has 202 valence electrons. The Kier molecular flexibility index (Phi) is 9.27. The highest BCUT2D eigenvalue weighted by Crippen LogP contribution is 2.37. The van der Waals surface area contributed by atoms with E-state index in [1.807, 2.05) is 36.4 Å². The number of thioether (sulfide) groups is 1. The van der Waals surface area contributed by atoms with E-state index in [0.29, 0.717) is 17.9 Å². The quantitative estimate of drug-likeness (QED) is 0.169. The highest BCUT2D eigenvalue weighted by Gasteiger charge is 2.36. The van der Waals surface area contributed by atoms with Crippen molar-refractivity contribution in [1.29, 1.82) is 0 Å². The normalized spacial score (nSPS) is 14.2. The van der Waals surface area contributed by atoms with Gasteiger partial charge in [-0.2, -0.15) is 0 Å². The topological polar surface area (TPSA) is 102 Å². The molecular formula is C29H27ClN2O6S. The number of benzene rings is 3. The Morgan fingerprint density at radius 1 is 1.08 bits per heavy atom. The Morgan fingerprint density at radius 2 is 1.87 bits per heavy atom. The lowest BCUT2D eigenvalue weighted by Crippen LogP contribution is -2.36. The second-order valence-electron chi connectivity index (χ2n) is 8.63. The number of nitrogens with zero attached hydrogens (tertiary/aromatic N) is 1. The van der Waals surface area contributed by atoms with Gasteiger partial charge < -0.3 is 14.8 Å². The minimum absolute atomic E-state index is 0.0949. The highest BCUT2D eigenvalue weighted by molar-refractivity contribution is 8.18. The fourth-order valence-corrected chi connectivity index (χ4v) is 4.97. The molecule has 10 heteroatoms. The molecule has 3 aromatic carbocycles. The van der Waals surface area contributed by atoms with Crippen molar-refractivity contribution in [1.82, 2.24) is 4.90 Å². The number of fused-ring (bicyclic) bond motifs is 1. The summed E-state index contributed by atoms with van der Waals surface area (Å²) < 4.78 is 11.0. The molecule has 0 atom stereocenters. The molecule has 0 unspecified atom stereocenters. The number of rotatable bonds is 10. The van der Waals surface area contributed by atoms with E-state index in [-0.39, 0.29) is 27.8 Å². The number of imide groups is 1. The zero-order valence-corrected chi connectivity index (χ0v) is 23.1. The summed E-state index contributed by atoms with van der Waals surface area (Å²) in [6.07, 6.45) is 3.51. The van der Waals surface area contributed by atoms with Crippen LogP contribution in [-0.4, -0.2) is 47.7 Å². The van der Waals surface area contributed by atoms with Gasteiger partial charge in [0.25, 0.3) is 11.1 Å². The number of carbonyl (C=O) groups excluding carboxylic acids is 4. The molecule has 1 aliphatic heterocycles. The van der Waals surface area contributed by atoms with Gasteiger partial charge in [-0.05, 0) is 66.2 Å². The molecule has 1 heterocycles. The van der Waals surface area contributed by atoms with Crippen molar-refractivity contribution in [3.63, 3.8) is 0 Å². The van der Waals surface area contributed by atoms with Crippen LogP contribution in [0.2, 0.25) is 5.02 Å². The number of esters is 1. The number of hydrogen-bond acceptors (Lipinski definition) is 7. The number of carbonyl (C=O) groups is 4. The van der Waals surface area contributed by atoms with E-state index in [9.17, 15) is 19.2 Å². The third-order valence-corrected chi connectivity index (χ3v) is 7.12. The van der Waals surface area contributed by atoms with Crippen LogP contribution in [0.25, 0.3) is 16.8 Å². The summed E-state index contributed by atoms with van der Waals surface area (Å²) in [5.74, 6) is -1.19. The van der Waals surface area contributed by atoms with E-state index in [1.165, 1.54) is 18.2 Å². The molecule has 1 N–H and O–H groups in total. The summed E-state index contributed by atoms with van der Waals surface area (Å²) in [5, 5.41) is 4.07. The predicted molar refractivity (Wildman–Crippen MR) is 153 cm³/mol. The maximum atomic E-state index is 13.2. The number of halogens is 1. The lowest BCUT2D eigenvalue weighted by atomic mass is 10.0. The van der Waals surface area contributed by atoms with E-state index in [1.54, 1.807) is 13.0 Å². The van der Waals surface area contributed by atoms with Crippen LogP contribution >= 0.6 is 23.4 Å². The number of unbranched alkanes of at least 4 members (excludes halogenated alkanes) is 1. The monoisotopic (exact) mass is 566 g/mol. The Balaban J connectivity index is 1.53. The summed E-state index contributed by atoms with van der Waals surface area (Å²) in [7, 11) is 0. The van der Waals surface area contributed by atoms with Gasteiger partial charge in [0.05, 0.1) is 28.7 Å². The van der Waals surface area contributed by atoms with Crippen LogP contribution in [0.5, 0.6) is 5.75 Å². The van der Waals surface area contributed by atoms with Gasteiger partial charge in [-0.25, -0.2) is 4.79 Å². The molecule has 0 saturated carbocycles. The van der Waals surface area contributed by atoms with Crippen LogP contribution in [0.4, 0.5) is 10.5 Å². The van der Waals surface area contributed by atoms with Crippen molar-refractivity contribution >= 4 is 68.9 Å². The van der Waals surface area contributed by atoms with Gasteiger partial charge in [-0.3, -0.25) is 19.3 Å². The molecule has 3 amide bonds. The summed E-state index contributed by atoms with van der Waals surface area (Å²) in [6, 6.07) is 15.9. The summed E-state index contributed by atoms with van der Waals surface area (Å²) in [4.78, 5) is 51.8. The van der Waals surface area contributed by atoms with Crippen LogP contribution in [0.3, 0.4) is 0 Å². The van der Waals surface area contributed by atoms with Gasteiger partial charge in [0, 0.05) is 11.3 Å². The van der Waals surface area contributed by atoms with Crippen molar-refractivity contribution in [2.75, 3.05) is 25.1 Å². The first kappa shape index (κ1) is 28.2. The van der Waals surface area contributed by atoms with Crippen LogP contribution in [0.15, 0.2) is 59.5 Å². The molecule has 0 radical (unpaired) electrons. The average molecular weight is 567 g/mol. The van der Waals surface area contributed by atoms with E-state index in [0.717, 1.165) is 40.3 Å². The van der Waals surface area contributed by atoms with Crippen LogP contribution in [0.1, 0.15) is 42.6 Å². The van der Waals surface area contributed by atoms with Crippen molar-refractivity contribution in [3.8, 4) is 5.75 Å². The molecule has 0 aliphatic carbocycles. The zero-order valence-electron chi connectivity index (χ0n) is 21.5. The second-order valence-corrected chi connectivity index (χ2v) is 10.0. The zero-order chi connectivity index (χ0) is 27.9. The van der Waals surface area contributed by atoms with Crippen molar-refractivity contribution in [2.45, 2.75) is 26.7 Å². The highest BCUT2D eigenvalue weighted by atomic mass is 35.5. The lowest BCUT2D eigenvalue weighted by Gasteiger charge is -2.14. The van der Waals surface area contributed by atoms with Crippen molar-refractivity contribution < 1.29 is 28.7 Å². The number of nitrogens with one attached hydrogen (secondary N) is 1. The Morgan fingerprint density at radius 3 is 2.64 bits per heavy atom.